The summed E-state index contributed by atoms with van der Waals surface area (Å²) < 4.78 is 37.2. The average Bonchev–Trinajstić information content (AvgIpc) is 2.95. The maximum atomic E-state index is 12.4. The first-order chi connectivity index (χ1) is 10.4. The van der Waals surface area contributed by atoms with Crippen molar-refractivity contribution in [3.63, 3.8) is 0 Å². The molecule has 5 nitrogen and oxygen atoms in total. The number of nitrogens with one attached hydrogen (secondary N) is 1. The topological polar surface area (TPSA) is 76.2 Å². The SMILES string of the molecule is I.NC(=NCc1nc(C(F)(F)F)cs1)NCCc1ccccn1. The highest BCUT2D eigenvalue weighted by atomic mass is 127. The number of aliphatic imine (C=N–C) groups is 1. The smallest absolute Gasteiger partial charge is 0.370 e. The third-order valence-electron chi connectivity index (χ3n) is 2.64. The van der Waals surface area contributed by atoms with Crippen molar-refractivity contribution in [2.75, 3.05) is 6.54 Å². The van der Waals surface area contributed by atoms with Gasteiger partial charge in [-0.15, -0.1) is 35.3 Å². The fourth-order valence-corrected chi connectivity index (χ4v) is 2.31. The summed E-state index contributed by atoms with van der Waals surface area (Å²) in [7, 11) is 0. The quantitative estimate of drug-likeness (QED) is 0.412. The van der Waals surface area contributed by atoms with Crippen LogP contribution in [0.25, 0.3) is 0 Å². The van der Waals surface area contributed by atoms with Crippen LogP contribution in [0.3, 0.4) is 0 Å². The second-order valence-electron chi connectivity index (χ2n) is 4.32. The number of guanidine groups is 1. The van der Waals surface area contributed by atoms with E-state index >= 15 is 0 Å². The molecule has 2 rings (SSSR count). The molecule has 0 radical (unpaired) electrons. The number of thiazole rings is 1. The normalized spacial score (nSPS) is 11.9. The van der Waals surface area contributed by atoms with Crippen molar-refractivity contribution in [3.05, 3.63) is 46.2 Å². The molecular formula is C13H15F3IN5S. The van der Waals surface area contributed by atoms with Gasteiger partial charge in [-0.1, -0.05) is 6.07 Å². The van der Waals surface area contributed by atoms with Gasteiger partial charge in [0.2, 0.25) is 0 Å². The van der Waals surface area contributed by atoms with Crippen LogP contribution in [0.1, 0.15) is 16.4 Å². The van der Waals surface area contributed by atoms with Crippen molar-refractivity contribution < 1.29 is 13.2 Å². The van der Waals surface area contributed by atoms with Gasteiger partial charge in [0.25, 0.3) is 0 Å². The highest BCUT2D eigenvalue weighted by molar-refractivity contribution is 14.0. The summed E-state index contributed by atoms with van der Waals surface area (Å²) in [5, 5.41) is 4.11. The summed E-state index contributed by atoms with van der Waals surface area (Å²) in [6.45, 7) is 0.557. The zero-order valence-corrected chi connectivity index (χ0v) is 15.0. The van der Waals surface area contributed by atoms with Crippen LogP contribution >= 0.6 is 35.3 Å². The first-order valence-corrected chi connectivity index (χ1v) is 7.28. The lowest BCUT2D eigenvalue weighted by Gasteiger charge is -2.04. The lowest BCUT2D eigenvalue weighted by Crippen LogP contribution is -2.33. The largest absolute Gasteiger partial charge is 0.434 e. The molecule has 0 saturated heterocycles. The van der Waals surface area contributed by atoms with Gasteiger partial charge in [-0.25, -0.2) is 9.98 Å². The van der Waals surface area contributed by atoms with Gasteiger partial charge >= 0.3 is 6.18 Å². The molecule has 2 aromatic heterocycles. The molecule has 0 atom stereocenters. The number of pyridine rings is 1. The van der Waals surface area contributed by atoms with Crippen LogP contribution in [0.5, 0.6) is 0 Å². The van der Waals surface area contributed by atoms with E-state index in [-0.39, 0.29) is 41.5 Å². The molecule has 0 spiro atoms. The highest BCUT2D eigenvalue weighted by Gasteiger charge is 2.33. The molecule has 2 heterocycles. The molecule has 23 heavy (non-hydrogen) atoms. The Bertz CT molecular complexity index is 630. The van der Waals surface area contributed by atoms with Gasteiger partial charge < -0.3 is 11.1 Å². The number of aromatic nitrogens is 2. The highest BCUT2D eigenvalue weighted by Crippen LogP contribution is 2.30. The van der Waals surface area contributed by atoms with E-state index in [2.05, 4.69) is 20.3 Å². The predicted molar refractivity (Wildman–Crippen MR) is 93.8 cm³/mol. The fraction of sp³-hybridized carbons (Fsp3) is 0.308. The zero-order valence-electron chi connectivity index (χ0n) is 11.9. The van der Waals surface area contributed by atoms with Crippen molar-refractivity contribution in [2.45, 2.75) is 19.1 Å². The summed E-state index contributed by atoms with van der Waals surface area (Å²) in [4.78, 5) is 11.6. The van der Waals surface area contributed by atoms with Crippen molar-refractivity contribution >= 4 is 41.3 Å². The molecular weight excluding hydrogens is 442 g/mol. The molecule has 126 valence electrons. The van der Waals surface area contributed by atoms with Crippen LogP contribution in [0.4, 0.5) is 13.2 Å². The molecule has 0 saturated carbocycles. The molecule has 0 bridgehead atoms. The Morgan fingerprint density at radius 2 is 2.13 bits per heavy atom. The Kier molecular flexibility index (Phi) is 7.68. The second kappa shape index (κ2) is 9.01. The molecule has 0 aromatic carbocycles. The third-order valence-corrected chi connectivity index (χ3v) is 3.47. The van der Waals surface area contributed by atoms with E-state index in [1.807, 2.05) is 18.2 Å². The van der Waals surface area contributed by atoms with Crippen molar-refractivity contribution in [3.8, 4) is 0 Å². The number of hydrogen-bond donors (Lipinski definition) is 2. The van der Waals surface area contributed by atoms with Crippen molar-refractivity contribution in [2.24, 2.45) is 10.7 Å². The number of hydrogen-bond acceptors (Lipinski definition) is 4. The maximum Gasteiger partial charge on any atom is 0.434 e. The Labute approximate surface area is 152 Å². The van der Waals surface area contributed by atoms with Crippen molar-refractivity contribution in [1.82, 2.24) is 15.3 Å². The van der Waals surface area contributed by atoms with Gasteiger partial charge in [0.05, 0.1) is 6.54 Å². The monoisotopic (exact) mass is 457 g/mol. The number of alkyl halides is 3. The average molecular weight is 457 g/mol. The Hall–Kier alpha value is -1.43. The molecule has 3 N–H and O–H groups in total. The molecule has 10 heteroatoms. The molecule has 0 unspecified atom stereocenters. The summed E-state index contributed by atoms with van der Waals surface area (Å²) in [5.74, 6) is 0.166. The number of nitrogens with zero attached hydrogens (tertiary/aromatic N) is 3. The van der Waals surface area contributed by atoms with Gasteiger partial charge in [-0.05, 0) is 12.1 Å². The molecule has 0 amide bonds. The van der Waals surface area contributed by atoms with E-state index in [1.54, 1.807) is 6.20 Å². The predicted octanol–water partition coefficient (Wildman–Crippen LogP) is 2.82. The summed E-state index contributed by atoms with van der Waals surface area (Å²) in [6, 6.07) is 5.61. The lowest BCUT2D eigenvalue weighted by molar-refractivity contribution is -0.140. The third kappa shape index (κ3) is 6.69. The van der Waals surface area contributed by atoms with E-state index in [0.29, 0.717) is 13.0 Å². The molecule has 0 aliphatic heterocycles. The minimum absolute atomic E-state index is 0. The van der Waals surface area contributed by atoms with Gasteiger partial charge in [-0.2, -0.15) is 13.2 Å². The summed E-state index contributed by atoms with van der Waals surface area (Å²) >= 11 is 0.908. The van der Waals surface area contributed by atoms with Gasteiger partial charge in [0, 0.05) is 30.2 Å². The fourth-order valence-electron chi connectivity index (χ4n) is 1.59. The number of halogens is 4. The Balaban J connectivity index is 0.00000264. The van der Waals surface area contributed by atoms with Crippen LogP contribution in [0, 0.1) is 0 Å². The van der Waals surface area contributed by atoms with Crippen LogP contribution in [0.15, 0.2) is 34.8 Å². The second-order valence-corrected chi connectivity index (χ2v) is 5.27. The van der Waals surface area contributed by atoms with E-state index in [1.165, 1.54) is 0 Å². The number of nitrogens with two attached hydrogens (primary N) is 1. The first kappa shape index (κ1) is 19.6. The Morgan fingerprint density at radius 3 is 2.74 bits per heavy atom. The van der Waals surface area contributed by atoms with Gasteiger partial charge in [-0.3, -0.25) is 4.98 Å². The van der Waals surface area contributed by atoms with Gasteiger partial charge in [0.1, 0.15) is 5.01 Å². The molecule has 0 aliphatic carbocycles. The maximum absolute atomic E-state index is 12.4. The lowest BCUT2D eigenvalue weighted by atomic mass is 10.3. The molecule has 0 aliphatic rings. The van der Waals surface area contributed by atoms with E-state index in [0.717, 1.165) is 22.4 Å². The zero-order chi connectivity index (χ0) is 16.0. The molecule has 2 aromatic rings. The van der Waals surface area contributed by atoms with Gasteiger partial charge in [0.15, 0.2) is 11.7 Å². The minimum atomic E-state index is -4.43. The van der Waals surface area contributed by atoms with Crippen LogP contribution in [-0.2, 0) is 19.1 Å². The van der Waals surface area contributed by atoms with Crippen LogP contribution < -0.4 is 11.1 Å². The van der Waals surface area contributed by atoms with E-state index in [9.17, 15) is 13.2 Å². The summed E-state index contributed by atoms with van der Waals surface area (Å²) in [5.41, 5.74) is 5.67. The summed E-state index contributed by atoms with van der Waals surface area (Å²) in [6.07, 6.45) is -2.05. The van der Waals surface area contributed by atoms with E-state index in [4.69, 9.17) is 5.73 Å². The minimum Gasteiger partial charge on any atom is -0.370 e. The van der Waals surface area contributed by atoms with Crippen molar-refractivity contribution in [1.29, 1.82) is 0 Å². The molecule has 0 fully saturated rings. The van der Waals surface area contributed by atoms with Crippen LogP contribution in [-0.4, -0.2) is 22.5 Å². The van der Waals surface area contributed by atoms with Crippen LogP contribution in [0.2, 0.25) is 0 Å². The standard InChI is InChI=1S/C13H14F3N5S.HI/c14-13(15,16)10-8-22-11(21-10)7-20-12(17)19-6-4-9-3-1-2-5-18-9;/h1-3,5,8H,4,6-7H2,(H3,17,19,20);1H. The number of rotatable bonds is 5. The Morgan fingerprint density at radius 1 is 1.35 bits per heavy atom. The van der Waals surface area contributed by atoms with E-state index < -0.39 is 11.9 Å². The first-order valence-electron chi connectivity index (χ1n) is 6.40.